The Balaban J connectivity index is 1.62. The molecule has 0 saturated carbocycles. The molecule has 0 atom stereocenters. The second-order valence-corrected chi connectivity index (χ2v) is 6.72. The first-order valence-corrected chi connectivity index (χ1v) is 9.29. The number of aromatic nitrogens is 2. The number of pyridine rings is 1. The number of esters is 1. The fourth-order valence-corrected chi connectivity index (χ4v) is 3.50. The van der Waals surface area contributed by atoms with Crippen LogP contribution in [-0.4, -0.2) is 66.0 Å². The Morgan fingerprint density at radius 2 is 1.93 bits per heavy atom. The van der Waals surface area contributed by atoms with Gasteiger partial charge in [-0.15, -0.1) is 0 Å². The maximum atomic E-state index is 12.8. The first kappa shape index (κ1) is 19.1. The fourth-order valence-electron chi connectivity index (χ4n) is 3.50. The van der Waals surface area contributed by atoms with Gasteiger partial charge in [0, 0.05) is 38.1 Å². The molecule has 3 heterocycles. The molecule has 0 radical (unpaired) electrons. The maximum Gasteiger partial charge on any atom is 0.340 e. The largest absolute Gasteiger partial charge is 0.462 e. The molecule has 1 saturated heterocycles. The Kier molecular flexibility index (Phi) is 5.91. The minimum absolute atomic E-state index is 0.00238. The van der Waals surface area contributed by atoms with Crippen LogP contribution < -0.4 is 4.90 Å². The van der Waals surface area contributed by atoms with Gasteiger partial charge in [-0.25, -0.2) is 9.78 Å². The molecule has 1 N–H and O–H groups in total. The number of aromatic amines is 1. The van der Waals surface area contributed by atoms with E-state index in [0.717, 1.165) is 32.0 Å². The predicted octanol–water partition coefficient (Wildman–Crippen LogP) is 2.21. The Morgan fingerprint density at radius 1 is 1.19 bits per heavy atom. The summed E-state index contributed by atoms with van der Waals surface area (Å²) >= 11 is 0. The summed E-state index contributed by atoms with van der Waals surface area (Å²) in [5.74, 6) is 0.586. The number of carbonyl (C=O) groups is 2. The molecule has 27 heavy (non-hydrogen) atoms. The van der Waals surface area contributed by atoms with E-state index >= 15 is 0 Å². The summed E-state index contributed by atoms with van der Waals surface area (Å²) in [6, 6.07) is 5.89. The van der Waals surface area contributed by atoms with E-state index in [2.05, 4.69) is 19.8 Å². The van der Waals surface area contributed by atoms with Crippen molar-refractivity contribution in [2.24, 2.45) is 0 Å². The molecule has 0 bridgehead atoms. The molecule has 1 fully saturated rings. The van der Waals surface area contributed by atoms with Gasteiger partial charge in [0.25, 0.3) is 0 Å². The molecule has 0 spiro atoms. The van der Waals surface area contributed by atoms with Crippen molar-refractivity contribution in [3.05, 3.63) is 46.9 Å². The van der Waals surface area contributed by atoms with E-state index in [1.165, 1.54) is 0 Å². The van der Waals surface area contributed by atoms with Gasteiger partial charge in [-0.2, -0.15) is 0 Å². The highest BCUT2D eigenvalue weighted by Crippen LogP contribution is 2.20. The molecule has 144 valence electrons. The third-order valence-electron chi connectivity index (χ3n) is 4.91. The summed E-state index contributed by atoms with van der Waals surface area (Å²) in [5, 5.41) is 0. The maximum absolute atomic E-state index is 12.8. The van der Waals surface area contributed by atoms with Crippen LogP contribution in [0.3, 0.4) is 0 Å². The van der Waals surface area contributed by atoms with Crippen molar-refractivity contribution in [2.75, 3.05) is 44.2 Å². The number of nitrogens with one attached hydrogen (secondary N) is 1. The first-order valence-electron chi connectivity index (χ1n) is 9.29. The van der Waals surface area contributed by atoms with Gasteiger partial charge < -0.3 is 14.6 Å². The number of Topliss-reactive ketones (excluding diaryl/α,β-unsaturated/α-hetero) is 1. The first-order chi connectivity index (χ1) is 13.0. The highest BCUT2D eigenvalue weighted by Gasteiger charge is 2.25. The number of ether oxygens (including phenoxy) is 1. The number of rotatable bonds is 6. The number of H-pyrrole nitrogens is 1. The van der Waals surface area contributed by atoms with E-state index in [1.54, 1.807) is 27.0 Å². The number of piperazine rings is 1. The van der Waals surface area contributed by atoms with Gasteiger partial charge in [-0.3, -0.25) is 9.69 Å². The number of hydrogen-bond acceptors (Lipinski definition) is 6. The highest BCUT2D eigenvalue weighted by molar-refractivity contribution is 6.02. The molecule has 1 aliphatic heterocycles. The molecule has 7 heteroatoms. The number of nitrogens with zero attached hydrogens (tertiary/aromatic N) is 3. The average Bonchev–Trinajstić information content (AvgIpc) is 2.97. The van der Waals surface area contributed by atoms with E-state index < -0.39 is 0 Å². The molecule has 0 aliphatic carbocycles. The van der Waals surface area contributed by atoms with Crippen molar-refractivity contribution in [2.45, 2.75) is 20.8 Å². The lowest BCUT2D eigenvalue weighted by Gasteiger charge is -2.34. The van der Waals surface area contributed by atoms with Gasteiger partial charge in [-0.1, -0.05) is 6.07 Å². The topological polar surface area (TPSA) is 78.5 Å². The van der Waals surface area contributed by atoms with E-state index in [-0.39, 0.29) is 11.8 Å². The smallest absolute Gasteiger partial charge is 0.340 e. The fraction of sp³-hybridized carbons (Fsp3) is 0.450. The van der Waals surface area contributed by atoms with Crippen LogP contribution in [0.1, 0.15) is 39.0 Å². The lowest BCUT2D eigenvalue weighted by Crippen LogP contribution is -2.48. The van der Waals surface area contributed by atoms with Gasteiger partial charge in [-0.05, 0) is 38.5 Å². The minimum atomic E-state index is -0.383. The third-order valence-corrected chi connectivity index (χ3v) is 4.91. The average molecular weight is 370 g/mol. The van der Waals surface area contributed by atoms with Crippen LogP contribution in [0.4, 0.5) is 5.82 Å². The predicted molar refractivity (Wildman–Crippen MR) is 103 cm³/mol. The second-order valence-electron chi connectivity index (χ2n) is 6.72. The summed E-state index contributed by atoms with van der Waals surface area (Å²) in [5.41, 5.74) is 2.32. The number of carbonyl (C=O) groups excluding carboxylic acids is 2. The lowest BCUT2D eigenvalue weighted by atomic mass is 10.1. The minimum Gasteiger partial charge on any atom is -0.462 e. The van der Waals surface area contributed by atoms with Crippen molar-refractivity contribution in [3.8, 4) is 0 Å². The standard InChI is InChI=1S/C20H26N4O3/c1-4-27-20(26)18-14(2)19(22-15(18)3)16(25)13-23-9-11-24(12-10-23)17-7-5-6-8-21-17/h5-8,22H,4,9-13H2,1-3H3. The molecular formula is C20H26N4O3. The molecular weight excluding hydrogens is 344 g/mol. The summed E-state index contributed by atoms with van der Waals surface area (Å²) in [7, 11) is 0. The lowest BCUT2D eigenvalue weighted by molar-refractivity contribution is 0.0525. The number of aryl methyl sites for hydroxylation is 1. The molecule has 7 nitrogen and oxygen atoms in total. The molecule has 3 rings (SSSR count). The zero-order valence-electron chi connectivity index (χ0n) is 16.1. The third kappa shape index (κ3) is 4.19. The van der Waals surface area contributed by atoms with E-state index in [1.807, 2.05) is 18.2 Å². The van der Waals surface area contributed by atoms with E-state index in [0.29, 0.717) is 35.7 Å². The molecule has 0 aromatic carbocycles. The molecule has 0 amide bonds. The van der Waals surface area contributed by atoms with E-state index in [4.69, 9.17) is 4.74 Å². The Bertz CT molecular complexity index is 808. The van der Waals surface area contributed by atoms with Crippen molar-refractivity contribution in [1.82, 2.24) is 14.9 Å². The van der Waals surface area contributed by atoms with Crippen molar-refractivity contribution >= 4 is 17.6 Å². The van der Waals surface area contributed by atoms with Crippen LogP contribution in [0.15, 0.2) is 24.4 Å². The Hall–Kier alpha value is -2.67. The zero-order chi connectivity index (χ0) is 19.4. The van der Waals surface area contributed by atoms with Crippen molar-refractivity contribution in [3.63, 3.8) is 0 Å². The Morgan fingerprint density at radius 3 is 2.56 bits per heavy atom. The van der Waals surface area contributed by atoms with Gasteiger partial charge in [0.2, 0.25) is 0 Å². The normalized spacial score (nSPS) is 15.0. The van der Waals surface area contributed by atoms with E-state index in [9.17, 15) is 9.59 Å². The van der Waals surface area contributed by atoms with Crippen LogP contribution in [0, 0.1) is 13.8 Å². The summed E-state index contributed by atoms with van der Waals surface area (Å²) in [6.45, 7) is 9.27. The zero-order valence-corrected chi connectivity index (χ0v) is 16.1. The van der Waals surface area contributed by atoms with Gasteiger partial charge in [0.15, 0.2) is 5.78 Å². The van der Waals surface area contributed by atoms with Crippen molar-refractivity contribution in [1.29, 1.82) is 0 Å². The molecule has 2 aromatic heterocycles. The van der Waals surface area contributed by atoms with Crippen LogP contribution >= 0.6 is 0 Å². The SMILES string of the molecule is CCOC(=O)c1c(C)[nH]c(C(=O)CN2CCN(c3ccccn3)CC2)c1C. The van der Waals surface area contributed by atoms with Gasteiger partial charge >= 0.3 is 5.97 Å². The quantitative estimate of drug-likeness (QED) is 0.620. The molecule has 0 unspecified atom stereocenters. The number of ketones is 1. The molecule has 2 aromatic rings. The van der Waals surface area contributed by atoms with Crippen molar-refractivity contribution < 1.29 is 14.3 Å². The Labute approximate surface area is 159 Å². The number of anilines is 1. The van der Waals surface area contributed by atoms with Gasteiger partial charge in [0.1, 0.15) is 5.82 Å². The van der Waals surface area contributed by atoms with Crippen LogP contribution in [0.25, 0.3) is 0 Å². The van der Waals surface area contributed by atoms with Crippen LogP contribution in [0.2, 0.25) is 0 Å². The summed E-state index contributed by atoms with van der Waals surface area (Å²) in [4.78, 5) is 36.7. The number of hydrogen-bond donors (Lipinski definition) is 1. The van der Waals surface area contributed by atoms with Crippen LogP contribution in [-0.2, 0) is 4.74 Å². The highest BCUT2D eigenvalue weighted by atomic mass is 16.5. The summed E-state index contributed by atoms with van der Waals surface area (Å²) < 4.78 is 5.09. The second kappa shape index (κ2) is 8.35. The van der Waals surface area contributed by atoms with Crippen LogP contribution in [0.5, 0.6) is 0 Å². The molecule has 1 aliphatic rings. The van der Waals surface area contributed by atoms with Gasteiger partial charge in [0.05, 0.1) is 24.4 Å². The monoisotopic (exact) mass is 370 g/mol. The summed E-state index contributed by atoms with van der Waals surface area (Å²) in [6.07, 6.45) is 1.79.